The maximum absolute atomic E-state index is 13.2. The van der Waals surface area contributed by atoms with Crippen LogP contribution in [0.15, 0.2) is 18.2 Å². The quantitative estimate of drug-likeness (QED) is 0.723. The van der Waals surface area contributed by atoms with Crippen LogP contribution in [0.1, 0.15) is 5.56 Å². The van der Waals surface area contributed by atoms with Crippen LogP contribution in [0.3, 0.4) is 0 Å². The third kappa shape index (κ3) is 4.42. The van der Waals surface area contributed by atoms with Crippen LogP contribution in [-0.2, 0) is 20.7 Å². The smallest absolute Gasteiger partial charge is 0.243 e. The van der Waals surface area contributed by atoms with E-state index in [-0.39, 0.29) is 44.0 Å². The molecular formula is C14H17FN2O4. The Morgan fingerprint density at radius 3 is 3.05 bits per heavy atom. The molecule has 0 fully saturated rings. The number of hydrogen-bond donors (Lipinski definition) is 2. The number of carbonyl (C=O) groups excluding carboxylic acids is 2. The highest BCUT2D eigenvalue weighted by Crippen LogP contribution is 2.27. The summed E-state index contributed by atoms with van der Waals surface area (Å²) in [7, 11) is 0. The molecule has 1 heterocycles. The van der Waals surface area contributed by atoms with E-state index in [1.165, 1.54) is 12.1 Å². The fourth-order valence-corrected chi connectivity index (χ4v) is 2.09. The van der Waals surface area contributed by atoms with Gasteiger partial charge in [-0.1, -0.05) is 0 Å². The third-order valence-electron chi connectivity index (χ3n) is 3.09. The van der Waals surface area contributed by atoms with Crippen LogP contribution in [0.4, 0.5) is 4.39 Å². The largest absolute Gasteiger partial charge is 0.492 e. The minimum Gasteiger partial charge on any atom is -0.492 e. The highest BCUT2D eigenvalue weighted by molar-refractivity contribution is 5.79. The summed E-state index contributed by atoms with van der Waals surface area (Å²) in [4.78, 5) is 22.4. The normalized spacial score (nSPS) is 16.7. The second-order valence-corrected chi connectivity index (χ2v) is 4.77. The first-order valence-electron chi connectivity index (χ1n) is 6.61. The Kier molecular flexibility index (Phi) is 5.10. The van der Waals surface area contributed by atoms with E-state index in [1.807, 2.05) is 0 Å². The van der Waals surface area contributed by atoms with E-state index in [9.17, 15) is 14.0 Å². The minimum atomic E-state index is -0.555. The van der Waals surface area contributed by atoms with E-state index in [2.05, 4.69) is 5.32 Å². The lowest BCUT2D eigenvalue weighted by atomic mass is 9.96. The first-order valence-corrected chi connectivity index (χ1v) is 6.61. The number of halogens is 1. The summed E-state index contributed by atoms with van der Waals surface area (Å²) in [5, 5.41) is 2.68. The molecule has 1 atom stereocenters. The monoisotopic (exact) mass is 296 g/mol. The molecule has 7 heteroatoms. The van der Waals surface area contributed by atoms with Gasteiger partial charge in [0.15, 0.2) is 0 Å². The van der Waals surface area contributed by atoms with Crippen LogP contribution in [0.2, 0.25) is 0 Å². The number of benzene rings is 1. The second kappa shape index (κ2) is 7.03. The van der Waals surface area contributed by atoms with Crippen molar-refractivity contribution in [2.24, 2.45) is 11.7 Å². The highest BCUT2D eigenvalue weighted by atomic mass is 19.1. The summed E-state index contributed by atoms with van der Waals surface area (Å²) < 4.78 is 23.6. The van der Waals surface area contributed by atoms with Gasteiger partial charge in [0.25, 0.3) is 0 Å². The molecular weight excluding hydrogens is 279 g/mol. The zero-order valence-corrected chi connectivity index (χ0v) is 11.4. The summed E-state index contributed by atoms with van der Waals surface area (Å²) in [5.41, 5.74) is 5.60. The first-order chi connectivity index (χ1) is 10.1. The Hall–Kier alpha value is -2.15. The fourth-order valence-electron chi connectivity index (χ4n) is 2.09. The van der Waals surface area contributed by atoms with Crippen LogP contribution in [0, 0.1) is 11.7 Å². The standard InChI is InChI=1S/C14H17FN2O4/c15-11-1-2-12-9(6-11)5-10(7-21-12)14(19)17-3-4-20-8-13(16)18/h1-2,6,10H,3-5,7-8H2,(H2,16,18)(H,17,19). The number of nitrogens with one attached hydrogen (secondary N) is 1. The van der Waals surface area contributed by atoms with Gasteiger partial charge in [0.05, 0.1) is 12.5 Å². The van der Waals surface area contributed by atoms with Crippen LogP contribution in [0.5, 0.6) is 5.75 Å². The van der Waals surface area contributed by atoms with E-state index < -0.39 is 5.91 Å². The second-order valence-electron chi connectivity index (χ2n) is 4.77. The van der Waals surface area contributed by atoms with E-state index in [0.29, 0.717) is 17.7 Å². The molecule has 0 aliphatic carbocycles. The third-order valence-corrected chi connectivity index (χ3v) is 3.09. The molecule has 2 amide bonds. The van der Waals surface area contributed by atoms with Crippen molar-refractivity contribution in [2.45, 2.75) is 6.42 Å². The Bertz CT molecular complexity index is 536. The first kappa shape index (κ1) is 15.2. The molecule has 2 rings (SSSR count). The van der Waals surface area contributed by atoms with Gasteiger partial charge in [0.2, 0.25) is 11.8 Å². The summed E-state index contributed by atoms with van der Waals surface area (Å²) in [5.74, 6) is -0.841. The number of ether oxygens (including phenoxy) is 2. The number of hydrogen-bond acceptors (Lipinski definition) is 4. The van der Waals surface area contributed by atoms with Gasteiger partial charge in [0, 0.05) is 6.54 Å². The number of nitrogens with two attached hydrogens (primary N) is 1. The van der Waals surface area contributed by atoms with Crippen molar-refractivity contribution in [1.82, 2.24) is 5.32 Å². The summed E-state index contributed by atoms with van der Waals surface area (Å²) in [6, 6.07) is 4.27. The van der Waals surface area contributed by atoms with Gasteiger partial charge >= 0.3 is 0 Å². The van der Waals surface area contributed by atoms with Gasteiger partial charge < -0.3 is 20.5 Å². The Morgan fingerprint density at radius 2 is 2.29 bits per heavy atom. The average Bonchev–Trinajstić information content (AvgIpc) is 2.45. The van der Waals surface area contributed by atoms with Crippen molar-refractivity contribution in [3.63, 3.8) is 0 Å². The van der Waals surface area contributed by atoms with Crippen molar-refractivity contribution in [2.75, 3.05) is 26.4 Å². The lowest BCUT2D eigenvalue weighted by Crippen LogP contribution is -2.39. The topological polar surface area (TPSA) is 90.7 Å². The number of primary amides is 1. The molecule has 0 spiro atoms. The molecule has 0 saturated carbocycles. The Balaban J connectivity index is 1.78. The zero-order valence-electron chi connectivity index (χ0n) is 11.4. The van der Waals surface area contributed by atoms with Crippen LogP contribution in [0.25, 0.3) is 0 Å². The van der Waals surface area contributed by atoms with E-state index in [1.54, 1.807) is 6.07 Å². The number of amides is 2. The Labute approximate surface area is 121 Å². The molecule has 1 aromatic carbocycles. The van der Waals surface area contributed by atoms with Gasteiger partial charge in [-0.15, -0.1) is 0 Å². The molecule has 1 aliphatic rings. The van der Waals surface area contributed by atoms with E-state index >= 15 is 0 Å². The van der Waals surface area contributed by atoms with Gasteiger partial charge in [-0.25, -0.2) is 4.39 Å². The van der Waals surface area contributed by atoms with Gasteiger partial charge in [-0.05, 0) is 30.2 Å². The van der Waals surface area contributed by atoms with Gasteiger partial charge in [-0.3, -0.25) is 9.59 Å². The van der Waals surface area contributed by atoms with Crippen molar-refractivity contribution in [3.8, 4) is 5.75 Å². The van der Waals surface area contributed by atoms with E-state index in [0.717, 1.165) is 0 Å². The van der Waals surface area contributed by atoms with Crippen molar-refractivity contribution < 1.29 is 23.5 Å². The molecule has 21 heavy (non-hydrogen) atoms. The maximum atomic E-state index is 13.2. The van der Waals surface area contributed by atoms with Gasteiger partial charge in [0.1, 0.15) is 24.8 Å². The van der Waals surface area contributed by atoms with E-state index in [4.69, 9.17) is 15.2 Å². The minimum absolute atomic E-state index is 0.172. The average molecular weight is 296 g/mol. The molecule has 1 aromatic rings. The predicted octanol–water partition coefficient (Wildman–Crippen LogP) is -0.00510. The lowest BCUT2D eigenvalue weighted by molar-refractivity contribution is -0.126. The fraction of sp³-hybridized carbons (Fsp3) is 0.429. The summed E-state index contributed by atoms with van der Waals surface area (Å²) in [6.45, 7) is 0.563. The van der Waals surface area contributed by atoms with Crippen LogP contribution < -0.4 is 15.8 Å². The van der Waals surface area contributed by atoms with Crippen molar-refractivity contribution in [3.05, 3.63) is 29.6 Å². The molecule has 0 bridgehead atoms. The number of fused-ring (bicyclic) bond motifs is 1. The molecule has 0 saturated heterocycles. The predicted molar refractivity (Wildman–Crippen MR) is 72.1 cm³/mol. The molecule has 1 aliphatic heterocycles. The van der Waals surface area contributed by atoms with Crippen molar-refractivity contribution >= 4 is 11.8 Å². The van der Waals surface area contributed by atoms with Gasteiger partial charge in [-0.2, -0.15) is 0 Å². The zero-order chi connectivity index (χ0) is 15.2. The maximum Gasteiger partial charge on any atom is 0.243 e. The molecule has 0 aromatic heterocycles. The van der Waals surface area contributed by atoms with Crippen molar-refractivity contribution in [1.29, 1.82) is 0 Å². The molecule has 3 N–H and O–H groups in total. The lowest BCUT2D eigenvalue weighted by Gasteiger charge is -2.24. The SMILES string of the molecule is NC(=O)COCCNC(=O)C1COc2ccc(F)cc2C1. The molecule has 0 radical (unpaired) electrons. The number of rotatable bonds is 6. The Morgan fingerprint density at radius 1 is 1.48 bits per heavy atom. The number of carbonyl (C=O) groups is 2. The van der Waals surface area contributed by atoms with Crippen LogP contribution >= 0.6 is 0 Å². The van der Waals surface area contributed by atoms with Crippen LogP contribution in [-0.4, -0.2) is 38.2 Å². The molecule has 6 nitrogen and oxygen atoms in total. The molecule has 1 unspecified atom stereocenters. The summed E-state index contributed by atoms with van der Waals surface area (Å²) >= 11 is 0. The molecule has 114 valence electrons. The highest BCUT2D eigenvalue weighted by Gasteiger charge is 2.26. The summed E-state index contributed by atoms with van der Waals surface area (Å²) in [6.07, 6.45) is 0.432.